The number of carbonyl (C=O) groups is 1. The minimum Gasteiger partial charge on any atom is -0.454 e. The predicted octanol–water partition coefficient (Wildman–Crippen LogP) is 3.33. The van der Waals surface area contributed by atoms with Crippen LogP contribution in [0.5, 0.6) is 11.5 Å². The molecule has 0 radical (unpaired) electrons. The van der Waals surface area contributed by atoms with Crippen LogP contribution in [0.4, 0.5) is 0 Å². The SMILES string of the molecule is Cn1c(=NC(=O)CSCc2ccccc2)sc2cc3c(cc21)OCO3. The maximum Gasteiger partial charge on any atom is 0.258 e. The van der Waals surface area contributed by atoms with Gasteiger partial charge in [0.25, 0.3) is 5.91 Å². The molecule has 0 bridgehead atoms. The van der Waals surface area contributed by atoms with Crippen LogP contribution in [0.1, 0.15) is 5.56 Å². The first-order valence-corrected chi connectivity index (χ1v) is 9.76. The van der Waals surface area contributed by atoms with Crippen LogP contribution in [0.15, 0.2) is 47.5 Å². The molecule has 0 saturated carbocycles. The summed E-state index contributed by atoms with van der Waals surface area (Å²) in [5, 5.41) is 0. The van der Waals surface area contributed by atoms with Gasteiger partial charge < -0.3 is 14.0 Å². The number of nitrogens with zero attached hydrogens (tertiary/aromatic N) is 2. The number of thiazole rings is 1. The lowest BCUT2D eigenvalue weighted by Crippen LogP contribution is -2.14. The van der Waals surface area contributed by atoms with E-state index < -0.39 is 0 Å². The molecular weight excluding hydrogens is 356 g/mol. The van der Waals surface area contributed by atoms with E-state index in [1.165, 1.54) is 16.9 Å². The second kappa shape index (κ2) is 6.93. The Kier molecular flexibility index (Phi) is 4.50. The van der Waals surface area contributed by atoms with Gasteiger partial charge in [0.15, 0.2) is 16.3 Å². The number of amides is 1. The standard InChI is InChI=1S/C18H16N2O3S2/c1-20-13-7-14-15(23-11-22-14)8-16(13)25-18(20)19-17(21)10-24-9-12-5-3-2-4-6-12/h2-8H,9-11H2,1H3. The predicted molar refractivity (Wildman–Crippen MR) is 100 cm³/mol. The molecule has 0 atom stereocenters. The number of benzene rings is 2. The zero-order valence-corrected chi connectivity index (χ0v) is 15.2. The number of fused-ring (bicyclic) bond motifs is 2. The van der Waals surface area contributed by atoms with Crippen molar-refractivity contribution >= 4 is 39.2 Å². The Morgan fingerprint density at radius 3 is 2.80 bits per heavy atom. The molecule has 0 fully saturated rings. The smallest absolute Gasteiger partial charge is 0.258 e. The summed E-state index contributed by atoms with van der Waals surface area (Å²) < 4.78 is 13.8. The highest BCUT2D eigenvalue weighted by Gasteiger charge is 2.16. The van der Waals surface area contributed by atoms with E-state index in [-0.39, 0.29) is 12.7 Å². The maximum atomic E-state index is 12.2. The highest BCUT2D eigenvalue weighted by Crippen LogP contribution is 2.36. The number of carbonyl (C=O) groups excluding carboxylic acids is 1. The van der Waals surface area contributed by atoms with Crippen LogP contribution in [0, 0.1) is 0 Å². The first kappa shape index (κ1) is 16.2. The van der Waals surface area contributed by atoms with Gasteiger partial charge in [-0.3, -0.25) is 4.79 Å². The Hall–Kier alpha value is -2.25. The summed E-state index contributed by atoms with van der Waals surface area (Å²) in [6, 6.07) is 14.0. The fraction of sp³-hybridized carbons (Fsp3) is 0.222. The Labute approximate surface area is 152 Å². The third-order valence-corrected chi connectivity index (χ3v) is 5.94. The molecular formula is C18H16N2O3S2. The van der Waals surface area contributed by atoms with Crippen molar-refractivity contribution in [2.24, 2.45) is 12.0 Å². The van der Waals surface area contributed by atoms with Gasteiger partial charge in [0.1, 0.15) is 0 Å². The molecule has 0 aliphatic carbocycles. The van der Waals surface area contributed by atoms with Crippen molar-refractivity contribution in [1.29, 1.82) is 0 Å². The molecule has 1 aliphatic heterocycles. The fourth-order valence-electron chi connectivity index (χ4n) is 2.59. The van der Waals surface area contributed by atoms with Crippen LogP contribution in [-0.4, -0.2) is 23.0 Å². The Balaban J connectivity index is 1.50. The molecule has 25 heavy (non-hydrogen) atoms. The number of ether oxygens (including phenoxy) is 2. The molecule has 3 aromatic rings. The molecule has 7 heteroatoms. The number of aromatic nitrogens is 1. The minimum atomic E-state index is -0.122. The molecule has 2 aromatic carbocycles. The molecule has 0 spiro atoms. The van der Waals surface area contributed by atoms with Gasteiger partial charge in [-0.1, -0.05) is 41.7 Å². The second-order valence-corrected chi connectivity index (χ2v) is 7.60. The lowest BCUT2D eigenvalue weighted by molar-refractivity contribution is -0.115. The highest BCUT2D eigenvalue weighted by molar-refractivity contribution is 7.99. The summed E-state index contributed by atoms with van der Waals surface area (Å²) in [6.45, 7) is 0.255. The van der Waals surface area contributed by atoms with Crippen molar-refractivity contribution in [3.05, 3.63) is 52.8 Å². The minimum absolute atomic E-state index is 0.122. The van der Waals surface area contributed by atoms with Crippen molar-refractivity contribution in [1.82, 2.24) is 4.57 Å². The monoisotopic (exact) mass is 372 g/mol. The van der Waals surface area contributed by atoms with Crippen molar-refractivity contribution in [3.8, 4) is 11.5 Å². The number of hydrogen-bond donors (Lipinski definition) is 0. The van der Waals surface area contributed by atoms with Gasteiger partial charge in [-0.25, -0.2) is 0 Å². The Morgan fingerprint density at radius 1 is 1.24 bits per heavy atom. The van der Waals surface area contributed by atoms with Crippen LogP contribution in [0.3, 0.4) is 0 Å². The molecule has 4 rings (SSSR count). The van der Waals surface area contributed by atoms with Crippen molar-refractivity contribution in [2.45, 2.75) is 5.75 Å². The first-order chi connectivity index (χ1) is 12.2. The van der Waals surface area contributed by atoms with Gasteiger partial charge in [0.2, 0.25) is 6.79 Å². The van der Waals surface area contributed by atoms with E-state index in [2.05, 4.69) is 17.1 Å². The van der Waals surface area contributed by atoms with Crippen LogP contribution in [0.25, 0.3) is 10.2 Å². The molecule has 0 saturated heterocycles. The summed E-state index contributed by atoms with van der Waals surface area (Å²) in [5.41, 5.74) is 2.19. The largest absolute Gasteiger partial charge is 0.454 e. The van der Waals surface area contributed by atoms with E-state index in [1.807, 2.05) is 41.9 Å². The molecule has 128 valence electrons. The average molecular weight is 372 g/mol. The Morgan fingerprint density at radius 2 is 2.00 bits per heavy atom. The topological polar surface area (TPSA) is 52.8 Å². The summed E-state index contributed by atoms with van der Waals surface area (Å²) in [6.07, 6.45) is 0. The molecule has 0 unspecified atom stereocenters. The summed E-state index contributed by atoms with van der Waals surface area (Å²) in [4.78, 5) is 17.1. The summed E-state index contributed by atoms with van der Waals surface area (Å²) in [5.74, 6) is 2.53. The lowest BCUT2D eigenvalue weighted by Gasteiger charge is -1.99. The van der Waals surface area contributed by atoms with Crippen LogP contribution in [-0.2, 0) is 17.6 Å². The molecule has 0 N–H and O–H groups in total. The fourth-order valence-corrected chi connectivity index (χ4v) is 4.41. The molecule has 2 heterocycles. The molecule has 1 aromatic heterocycles. The van der Waals surface area contributed by atoms with E-state index >= 15 is 0 Å². The van der Waals surface area contributed by atoms with Gasteiger partial charge in [0, 0.05) is 24.9 Å². The zero-order chi connectivity index (χ0) is 17.2. The molecule has 5 nitrogen and oxygen atoms in total. The highest BCUT2D eigenvalue weighted by atomic mass is 32.2. The summed E-state index contributed by atoms with van der Waals surface area (Å²) in [7, 11) is 1.91. The van der Waals surface area contributed by atoms with E-state index in [4.69, 9.17) is 9.47 Å². The van der Waals surface area contributed by atoms with Crippen molar-refractivity contribution in [3.63, 3.8) is 0 Å². The number of thioether (sulfide) groups is 1. The summed E-state index contributed by atoms with van der Waals surface area (Å²) >= 11 is 3.05. The number of rotatable bonds is 4. The van der Waals surface area contributed by atoms with Gasteiger partial charge in [-0.2, -0.15) is 4.99 Å². The van der Waals surface area contributed by atoms with E-state index in [1.54, 1.807) is 11.8 Å². The second-order valence-electron chi connectivity index (χ2n) is 5.60. The van der Waals surface area contributed by atoms with E-state index in [9.17, 15) is 4.79 Å². The molecule has 1 amide bonds. The third-order valence-electron chi connectivity index (χ3n) is 3.86. The average Bonchev–Trinajstić information content (AvgIpc) is 3.19. The maximum absolute atomic E-state index is 12.2. The van der Waals surface area contributed by atoms with Crippen molar-refractivity contribution in [2.75, 3.05) is 12.5 Å². The quantitative estimate of drug-likeness (QED) is 0.705. The van der Waals surface area contributed by atoms with Gasteiger partial charge in [-0.05, 0) is 5.56 Å². The van der Waals surface area contributed by atoms with Gasteiger partial charge in [0.05, 0.1) is 16.0 Å². The molecule has 1 aliphatic rings. The number of aryl methyl sites for hydroxylation is 1. The van der Waals surface area contributed by atoms with Gasteiger partial charge >= 0.3 is 0 Å². The van der Waals surface area contributed by atoms with E-state index in [0.29, 0.717) is 10.6 Å². The third kappa shape index (κ3) is 3.43. The first-order valence-electron chi connectivity index (χ1n) is 7.79. The van der Waals surface area contributed by atoms with Crippen LogP contribution in [0.2, 0.25) is 0 Å². The zero-order valence-electron chi connectivity index (χ0n) is 13.6. The van der Waals surface area contributed by atoms with Crippen molar-refractivity contribution < 1.29 is 14.3 Å². The normalized spacial score (nSPS) is 13.6. The number of hydrogen-bond acceptors (Lipinski definition) is 5. The van der Waals surface area contributed by atoms with E-state index in [0.717, 1.165) is 27.5 Å². The van der Waals surface area contributed by atoms with Crippen LogP contribution < -0.4 is 14.3 Å². The lowest BCUT2D eigenvalue weighted by atomic mass is 10.2. The Bertz CT molecular complexity index is 993. The van der Waals surface area contributed by atoms with Gasteiger partial charge in [-0.15, -0.1) is 11.8 Å². The van der Waals surface area contributed by atoms with Crippen LogP contribution >= 0.6 is 23.1 Å².